The van der Waals surface area contributed by atoms with Crippen LogP contribution in [0.2, 0.25) is 0 Å². The Labute approximate surface area is 205 Å². The number of H-pyrrole nitrogens is 1. The highest BCUT2D eigenvalue weighted by Crippen LogP contribution is 2.19. The molecule has 10 heteroatoms. The van der Waals surface area contributed by atoms with Crippen LogP contribution in [0.5, 0.6) is 0 Å². The van der Waals surface area contributed by atoms with E-state index in [0.29, 0.717) is 12.8 Å². The summed E-state index contributed by atoms with van der Waals surface area (Å²) in [6, 6.07) is 4.84. The number of fused-ring (bicyclic) bond motifs is 1. The molecule has 0 aliphatic rings. The van der Waals surface area contributed by atoms with E-state index in [0.717, 1.165) is 16.5 Å². The molecule has 10 nitrogen and oxygen atoms in total. The van der Waals surface area contributed by atoms with E-state index in [1.54, 1.807) is 6.20 Å². The van der Waals surface area contributed by atoms with Crippen LogP contribution in [-0.2, 0) is 25.6 Å². The number of benzene rings is 1. The van der Waals surface area contributed by atoms with Crippen molar-refractivity contribution < 1.29 is 24.3 Å². The topological polar surface area (TPSA) is 166 Å². The van der Waals surface area contributed by atoms with Gasteiger partial charge in [-0.2, -0.15) is 0 Å². The second-order valence-electron chi connectivity index (χ2n) is 9.34. The van der Waals surface area contributed by atoms with E-state index in [1.807, 2.05) is 52.0 Å². The predicted molar refractivity (Wildman–Crippen MR) is 133 cm³/mol. The van der Waals surface area contributed by atoms with Crippen LogP contribution in [0.25, 0.3) is 10.9 Å². The SMILES string of the molecule is CCC(C)C(NC(=O)C(N)CC(C)C)C(=O)NC(Cc1c[nH]c2ccccc12)C(=O)NCC(=O)O. The number of aliphatic carboxylic acids is 1. The van der Waals surface area contributed by atoms with Gasteiger partial charge in [-0.05, 0) is 29.9 Å². The molecule has 3 amide bonds. The van der Waals surface area contributed by atoms with Crippen molar-refractivity contribution in [1.82, 2.24) is 20.9 Å². The Balaban J connectivity index is 2.25. The summed E-state index contributed by atoms with van der Waals surface area (Å²) in [7, 11) is 0. The van der Waals surface area contributed by atoms with Gasteiger partial charge in [-0.1, -0.05) is 52.3 Å². The largest absolute Gasteiger partial charge is 0.480 e. The number of rotatable bonds is 13. The number of hydrogen-bond acceptors (Lipinski definition) is 5. The van der Waals surface area contributed by atoms with Gasteiger partial charge in [0.05, 0.1) is 6.04 Å². The number of para-hydroxylation sites is 1. The van der Waals surface area contributed by atoms with E-state index in [-0.39, 0.29) is 18.3 Å². The maximum atomic E-state index is 13.3. The number of aromatic nitrogens is 1. The molecule has 0 saturated heterocycles. The predicted octanol–water partition coefficient (Wildman–Crippen LogP) is 1.30. The molecule has 4 unspecified atom stereocenters. The van der Waals surface area contributed by atoms with E-state index in [2.05, 4.69) is 20.9 Å². The van der Waals surface area contributed by atoms with E-state index < -0.39 is 48.4 Å². The van der Waals surface area contributed by atoms with Gasteiger partial charge in [0.1, 0.15) is 18.6 Å². The first-order valence-electron chi connectivity index (χ1n) is 11.9. The van der Waals surface area contributed by atoms with Crippen LogP contribution in [0.4, 0.5) is 0 Å². The van der Waals surface area contributed by atoms with Crippen molar-refractivity contribution in [3.05, 3.63) is 36.0 Å². The summed E-state index contributed by atoms with van der Waals surface area (Å²) >= 11 is 0. The zero-order valence-corrected chi connectivity index (χ0v) is 20.8. The molecule has 0 bridgehead atoms. The minimum atomic E-state index is -1.19. The van der Waals surface area contributed by atoms with Crippen molar-refractivity contribution in [2.24, 2.45) is 17.6 Å². The highest BCUT2D eigenvalue weighted by molar-refractivity contribution is 5.94. The number of nitrogens with one attached hydrogen (secondary N) is 4. The normalized spacial score (nSPS) is 14.7. The zero-order valence-electron chi connectivity index (χ0n) is 20.8. The average molecular weight is 488 g/mol. The summed E-state index contributed by atoms with van der Waals surface area (Å²) in [5.41, 5.74) is 7.67. The lowest BCUT2D eigenvalue weighted by Crippen LogP contribution is -2.58. The number of carboxylic acid groups (broad SMARTS) is 1. The van der Waals surface area contributed by atoms with E-state index >= 15 is 0 Å². The lowest BCUT2D eigenvalue weighted by molar-refractivity contribution is -0.138. The van der Waals surface area contributed by atoms with Gasteiger partial charge in [-0.15, -0.1) is 0 Å². The third-order valence-electron chi connectivity index (χ3n) is 6.00. The summed E-state index contributed by atoms with van der Waals surface area (Å²) in [6.07, 6.45) is 2.97. The van der Waals surface area contributed by atoms with Crippen LogP contribution >= 0.6 is 0 Å². The number of amides is 3. The summed E-state index contributed by atoms with van der Waals surface area (Å²) in [4.78, 5) is 52.9. The maximum absolute atomic E-state index is 13.3. The summed E-state index contributed by atoms with van der Waals surface area (Å²) in [5.74, 6) is -2.79. The fourth-order valence-electron chi connectivity index (χ4n) is 3.85. The average Bonchev–Trinajstić information content (AvgIpc) is 3.22. The number of aromatic amines is 1. The third kappa shape index (κ3) is 8.10. The monoisotopic (exact) mass is 487 g/mol. The summed E-state index contributed by atoms with van der Waals surface area (Å²) in [5, 5.41) is 17.7. The number of carbonyl (C=O) groups is 4. The molecule has 0 radical (unpaired) electrons. The van der Waals surface area contributed by atoms with Crippen molar-refractivity contribution in [3.63, 3.8) is 0 Å². The number of carboxylic acids is 1. The molecule has 0 saturated carbocycles. The lowest BCUT2D eigenvalue weighted by Gasteiger charge is -2.27. The third-order valence-corrected chi connectivity index (χ3v) is 6.00. The fraction of sp³-hybridized carbons (Fsp3) is 0.520. The molecule has 0 spiro atoms. The minimum Gasteiger partial charge on any atom is -0.480 e. The van der Waals surface area contributed by atoms with Crippen LogP contribution in [0.15, 0.2) is 30.5 Å². The van der Waals surface area contributed by atoms with Gasteiger partial charge in [-0.25, -0.2) is 0 Å². The van der Waals surface area contributed by atoms with E-state index in [4.69, 9.17) is 10.8 Å². The molecule has 1 aromatic carbocycles. The Morgan fingerprint density at radius 2 is 1.71 bits per heavy atom. The van der Waals surface area contributed by atoms with Crippen molar-refractivity contribution in [3.8, 4) is 0 Å². The Morgan fingerprint density at radius 1 is 1.03 bits per heavy atom. The molecule has 0 aliphatic carbocycles. The van der Waals surface area contributed by atoms with Crippen LogP contribution in [-0.4, -0.2) is 58.5 Å². The standard InChI is InChI=1S/C25H37N5O5/c1-5-15(4)22(30-23(33)18(26)10-14(2)3)25(35)29-20(24(34)28-13-21(31)32)11-16-12-27-19-9-7-6-8-17(16)19/h6-9,12,14-15,18,20,22,27H,5,10-11,13,26H2,1-4H3,(H,28,34)(H,29,35)(H,30,33)(H,31,32). The molecule has 2 rings (SSSR count). The minimum absolute atomic E-state index is 0.134. The van der Waals surface area contributed by atoms with Gasteiger partial charge in [0, 0.05) is 23.5 Å². The molecule has 0 fully saturated rings. The first kappa shape index (κ1) is 27.8. The summed E-state index contributed by atoms with van der Waals surface area (Å²) < 4.78 is 0. The summed E-state index contributed by atoms with van der Waals surface area (Å²) in [6.45, 7) is 7.06. The highest BCUT2D eigenvalue weighted by Gasteiger charge is 2.31. The molecule has 35 heavy (non-hydrogen) atoms. The van der Waals surface area contributed by atoms with Crippen molar-refractivity contribution in [2.45, 2.75) is 65.1 Å². The Kier molecular flexibility index (Phi) is 10.3. The number of nitrogens with two attached hydrogens (primary N) is 1. The maximum Gasteiger partial charge on any atom is 0.322 e. The molecular formula is C25H37N5O5. The molecular weight excluding hydrogens is 450 g/mol. The van der Waals surface area contributed by atoms with E-state index in [9.17, 15) is 19.2 Å². The second kappa shape index (κ2) is 12.9. The molecule has 2 aromatic rings. The van der Waals surface area contributed by atoms with Gasteiger partial charge < -0.3 is 31.8 Å². The van der Waals surface area contributed by atoms with Crippen molar-refractivity contribution >= 4 is 34.6 Å². The van der Waals surface area contributed by atoms with Crippen LogP contribution in [0.1, 0.15) is 46.1 Å². The van der Waals surface area contributed by atoms with E-state index in [1.165, 1.54) is 0 Å². The quantitative estimate of drug-likeness (QED) is 0.249. The van der Waals surface area contributed by atoms with Gasteiger partial charge in [0.15, 0.2) is 0 Å². The van der Waals surface area contributed by atoms with Gasteiger partial charge in [0.25, 0.3) is 0 Å². The second-order valence-corrected chi connectivity index (χ2v) is 9.34. The van der Waals surface area contributed by atoms with Crippen molar-refractivity contribution in [2.75, 3.05) is 6.54 Å². The van der Waals surface area contributed by atoms with Crippen LogP contribution in [0.3, 0.4) is 0 Å². The molecule has 192 valence electrons. The highest BCUT2D eigenvalue weighted by atomic mass is 16.4. The Hall–Kier alpha value is -3.40. The van der Waals surface area contributed by atoms with Crippen LogP contribution < -0.4 is 21.7 Å². The fourth-order valence-corrected chi connectivity index (χ4v) is 3.85. The molecule has 1 aromatic heterocycles. The zero-order chi connectivity index (χ0) is 26.1. The number of carbonyl (C=O) groups excluding carboxylic acids is 3. The first-order chi connectivity index (χ1) is 16.5. The molecule has 4 atom stereocenters. The smallest absolute Gasteiger partial charge is 0.322 e. The lowest BCUT2D eigenvalue weighted by atomic mass is 9.96. The van der Waals surface area contributed by atoms with Gasteiger partial charge in [0.2, 0.25) is 17.7 Å². The molecule has 1 heterocycles. The molecule has 0 aliphatic heterocycles. The van der Waals surface area contributed by atoms with Crippen LogP contribution in [0, 0.1) is 11.8 Å². The Morgan fingerprint density at radius 3 is 2.34 bits per heavy atom. The van der Waals surface area contributed by atoms with Gasteiger partial charge in [-0.3, -0.25) is 19.2 Å². The van der Waals surface area contributed by atoms with Gasteiger partial charge >= 0.3 is 5.97 Å². The number of hydrogen-bond donors (Lipinski definition) is 6. The van der Waals surface area contributed by atoms with Crippen molar-refractivity contribution in [1.29, 1.82) is 0 Å². The molecule has 7 N–H and O–H groups in total. The first-order valence-corrected chi connectivity index (χ1v) is 11.9. The Bertz CT molecular complexity index is 1030.